The molecule has 2 aromatic rings. The highest BCUT2D eigenvalue weighted by atomic mass is 35.5. The summed E-state index contributed by atoms with van der Waals surface area (Å²) in [6.07, 6.45) is 0. The van der Waals surface area contributed by atoms with Crippen LogP contribution in [0.2, 0.25) is 5.02 Å². The van der Waals surface area contributed by atoms with Gasteiger partial charge in [0, 0.05) is 21.8 Å². The van der Waals surface area contributed by atoms with Crippen LogP contribution in [0.15, 0.2) is 42.5 Å². The first-order valence-electron chi connectivity index (χ1n) is 6.52. The van der Waals surface area contributed by atoms with Gasteiger partial charge in [0.05, 0.1) is 12.5 Å². The minimum absolute atomic E-state index is 0.198. The maximum Gasteiger partial charge on any atom is 0.255 e. The van der Waals surface area contributed by atoms with Crippen molar-refractivity contribution in [3.05, 3.63) is 58.6 Å². The second-order valence-corrected chi connectivity index (χ2v) is 5.05. The predicted octanol–water partition coefficient (Wildman–Crippen LogP) is 4.73. The zero-order valence-electron chi connectivity index (χ0n) is 11.5. The molecule has 21 heavy (non-hydrogen) atoms. The van der Waals surface area contributed by atoms with Crippen molar-refractivity contribution in [1.29, 1.82) is 0 Å². The first-order chi connectivity index (χ1) is 10.1. The van der Waals surface area contributed by atoms with Crippen LogP contribution in [-0.4, -0.2) is 12.5 Å². The predicted molar refractivity (Wildman–Crippen MR) is 86.6 cm³/mol. The summed E-state index contributed by atoms with van der Waals surface area (Å²) in [4.78, 5) is 12.1. The number of benzene rings is 2. The molecule has 1 amide bonds. The van der Waals surface area contributed by atoms with Crippen molar-refractivity contribution in [2.75, 3.05) is 11.9 Å². The van der Waals surface area contributed by atoms with E-state index in [0.29, 0.717) is 28.8 Å². The second kappa shape index (κ2) is 7.34. The van der Waals surface area contributed by atoms with Crippen LogP contribution >= 0.6 is 23.2 Å². The fourth-order valence-corrected chi connectivity index (χ4v) is 2.20. The Morgan fingerprint density at radius 3 is 2.52 bits per heavy atom. The van der Waals surface area contributed by atoms with Crippen LogP contribution in [0.3, 0.4) is 0 Å². The maximum atomic E-state index is 12.1. The van der Waals surface area contributed by atoms with E-state index < -0.39 is 0 Å². The molecule has 0 unspecified atom stereocenters. The highest BCUT2D eigenvalue weighted by molar-refractivity contribution is 6.30. The summed E-state index contributed by atoms with van der Waals surface area (Å²) >= 11 is 11.7. The monoisotopic (exact) mass is 323 g/mol. The Morgan fingerprint density at radius 2 is 1.90 bits per heavy atom. The molecule has 3 nitrogen and oxygen atoms in total. The molecule has 0 aromatic heterocycles. The number of ether oxygens (including phenoxy) is 1. The van der Waals surface area contributed by atoms with E-state index in [1.54, 1.807) is 36.4 Å². The van der Waals surface area contributed by atoms with Gasteiger partial charge in [-0.1, -0.05) is 11.6 Å². The van der Waals surface area contributed by atoms with Gasteiger partial charge in [0.25, 0.3) is 5.91 Å². The number of halogens is 2. The van der Waals surface area contributed by atoms with Gasteiger partial charge in [0.2, 0.25) is 0 Å². The molecule has 0 heterocycles. The molecule has 0 spiro atoms. The fourth-order valence-electron chi connectivity index (χ4n) is 1.86. The molecule has 2 aromatic carbocycles. The Morgan fingerprint density at radius 1 is 1.19 bits per heavy atom. The fraction of sp³-hybridized carbons (Fsp3) is 0.188. The number of carbonyl (C=O) groups is 1. The normalized spacial score (nSPS) is 10.2. The SMILES string of the molecule is CCOc1ccc(NC(=O)c2ccc(Cl)cc2)cc1CCl. The van der Waals surface area contributed by atoms with E-state index in [2.05, 4.69) is 5.32 Å². The van der Waals surface area contributed by atoms with Crippen LogP contribution in [0, 0.1) is 0 Å². The molecule has 0 saturated heterocycles. The molecular formula is C16H15Cl2NO2. The quantitative estimate of drug-likeness (QED) is 0.808. The largest absolute Gasteiger partial charge is 0.494 e. The highest BCUT2D eigenvalue weighted by Crippen LogP contribution is 2.25. The standard InChI is InChI=1S/C16H15Cl2NO2/c1-2-21-15-8-7-14(9-12(15)10-17)19-16(20)11-3-5-13(18)6-4-11/h3-9H,2,10H2,1H3,(H,19,20). The van der Waals surface area contributed by atoms with Gasteiger partial charge in [0.15, 0.2) is 0 Å². The molecule has 0 aliphatic carbocycles. The van der Waals surface area contributed by atoms with Crippen LogP contribution in [0.5, 0.6) is 5.75 Å². The van der Waals surface area contributed by atoms with E-state index in [1.165, 1.54) is 0 Å². The molecule has 1 N–H and O–H groups in total. The Balaban J connectivity index is 2.15. The van der Waals surface area contributed by atoms with Crippen LogP contribution in [-0.2, 0) is 5.88 Å². The zero-order valence-corrected chi connectivity index (χ0v) is 13.0. The highest BCUT2D eigenvalue weighted by Gasteiger charge is 2.08. The van der Waals surface area contributed by atoms with Gasteiger partial charge >= 0.3 is 0 Å². The van der Waals surface area contributed by atoms with Gasteiger partial charge < -0.3 is 10.1 Å². The molecule has 0 bridgehead atoms. The maximum absolute atomic E-state index is 12.1. The lowest BCUT2D eigenvalue weighted by Crippen LogP contribution is -2.12. The van der Waals surface area contributed by atoms with Crippen LogP contribution in [0.1, 0.15) is 22.8 Å². The Hall–Kier alpha value is -1.71. The van der Waals surface area contributed by atoms with Crippen molar-refractivity contribution in [3.63, 3.8) is 0 Å². The smallest absolute Gasteiger partial charge is 0.255 e. The third kappa shape index (κ3) is 4.13. The molecule has 5 heteroatoms. The number of alkyl halides is 1. The minimum atomic E-state index is -0.198. The van der Waals surface area contributed by atoms with E-state index in [4.69, 9.17) is 27.9 Å². The summed E-state index contributed by atoms with van der Waals surface area (Å²) in [6.45, 7) is 2.48. The lowest BCUT2D eigenvalue weighted by Gasteiger charge is -2.11. The van der Waals surface area contributed by atoms with Crippen molar-refractivity contribution >= 4 is 34.8 Å². The lowest BCUT2D eigenvalue weighted by molar-refractivity contribution is 0.102. The third-order valence-electron chi connectivity index (χ3n) is 2.87. The van der Waals surface area contributed by atoms with E-state index in [9.17, 15) is 4.79 Å². The summed E-state index contributed by atoms with van der Waals surface area (Å²) in [5.41, 5.74) is 2.06. The molecule has 0 radical (unpaired) electrons. The molecular weight excluding hydrogens is 309 g/mol. The zero-order chi connectivity index (χ0) is 15.2. The van der Waals surface area contributed by atoms with Crippen molar-refractivity contribution in [3.8, 4) is 5.75 Å². The summed E-state index contributed by atoms with van der Waals surface area (Å²) in [7, 11) is 0. The van der Waals surface area contributed by atoms with Gasteiger partial charge in [0.1, 0.15) is 5.75 Å². The summed E-state index contributed by atoms with van der Waals surface area (Å²) < 4.78 is 5.47. The number of anilines is 1. The Labute approximate surface area is 133 Å². The van der Waals surface area contributed by atoms with Crippen LogP contribution < -0.4 is 10.1 Å². The van der Waals surface area contributed by atoms with E-state index >= 15 is 0 Å². The summed E-state index contributed by atoms with van der Waals surface area (Å²) in [5.74, 6) is 0.855. The van der Waals surface area contributed by atoms with E-state index in [-0.39, 0.29) is 5.91 Å². The number of nitrogens with one attached hydrogen (secondary N) is 1. The van der Waals surface area contributed by atoms with Crippen LogP contribution in [0.4, 0.5) is 5.69 Å². The first-order valence-corrected chi connectivity index (χ1v) is 7.44. The molecule has 0 aliphatic rings. The second-order valence-electron chi connectivity index (χ2n) is 4.35. The first kappa shape index (κ1) is 15.7. The van der Waals surface area contributed by atoms with Crippen molar-refractivity contribution < 1.29 is 9.53 Å². The van der Waals surface area contributed by atoms with Crippen LogP contribution in [0.25, 0.3) is 0 Å². The van der Waals surface area contributed by atoms with Crippen molar-refractivity contribution in [2.24, 2.45) is 0 Å². The van der Waals surface area contributed by atoms with Gasteiger partial charge in [-0.15, -0.1) is 11.6 Å². The topological polar surface area (TPSA) is 38.3 Å². The minimum Gasteiger partial charge on any atom is -0.494 e. The van der Waals surface area contributed by atoms with Gasteiger partial charge in [-0.3, -0.25) is 4.79 Å². The van der Waals surface area contributed by atoms with Gasteiger partial charge in [-0.25, -0.2) is 0 Å². The van der Waals surface area contributed by atoms with Crippen molar-refractivity contribution in [2.45, 2.75) is 12.8 Å². The lowest BCUT2D eigenvalue weighted by atomic mass is 10.1. The number of carbonyl (C=O) groups excluding carboxylic acids is 1. The average Bonchev–Trinajstić information content (AvgIpc) is 2.49. The number of hydrogen-bond acceptors (Lipinski definition) is 2. The molecule has 0 fully saturated rings. The van der Waals surface area contributed by atoms with Gasteiger partial charge in [-0.05, 0) is 49.4 Å². The van der Waals surface area contributed by atoms with E-state index in [0.717, 1.165) is 11.3 Å². The molecule has 0 atom stereocenters. The van der Waals surface area contributed by atoms with E-state index in [1.807, 2.05) is 13.0 Å². The molecule has 2 rings (SSSR count). The molecule has 110 valence electrons. The average molecular weight is 324 g/mol. The number of rotatable bonds is 5. The van der Waals surface area contributed by atoms with Gasteiger partial charge in [-0.2, -0.15) is 0 Å². The third-order valence-corrected chi connectivity index (χ3v) is 3.41. The summed E-state index contributed by atoms with van der Waals surface area (Å²) in [5, 5.41) is 3.42. The van der Waals surface area contributed by atoms with Crippen molar-refractivity contribution in [1.82, 2.24) is 0 Å². The number of amides is 1. The number of hydrogen-bond donors (Lipinski definition) is 1. The summed E-state index contributed by atoms with van der Waals surface area (Å²) in [6, 6.07) is 12.1. The Bertz CT molecular complexity index is 627. The molecule has 0 saturated carbocycles. The molecule has 0 aliphatic heterocycles. The Kier molecular flexibility index (Phi) is 5.48.